The van der Waals surface area contributed by atoms with Gasteiger partial charge in [-0.2, -0.15) is 0 Å². The van der Waals surface area contributed by atoms with Gasteiger partial charge in [0.15, 0.2) is 0 Å². The Hall–Kier alpha value is -2.67. The normalized spacial score (nSPS) is 29.0. The van der Waals surface area contributed by atoms with Crippen molar-refractivity contribution in [2.24, 2.45) is 23.2 Å². The lowest BCUT2D eigenvalue weighted by atomic mass is 9.76. The summed E-state index contributed by atoms with van der Waals surface area (Å²) >= 11 is 0. The van der Waals surface area contributed by atoms with E-state index in [1.165, 1.54) is 25.7 Å². The molecule has 3 aliphatic carbocycles. The summed E-state index contributed by atoms with van der Waals surface area (Å²) in [5.74, 6) is 2.14. The van der Waals surface area contributed by atoms with Crippen molar-refractivity contribution < 1.29 is 14.3 Å². The van der Waals surface area contributed by atoms with Crippen LogP contribution in [-0.4, -0.2) is 59.4 Å². The van der Waals surface area contributed by atoms with Gasteiger partial charge in [0.05, 0.1) is 12.1 Å². The molecule has 0 aromatic carbocycles. The number of pyridine rings is 1. The maximum atomic E-state index is 13.3. The fraction of sp³-hybridized carbons (Fsp3) is 0.621. The monoisotopic (exact) mass is 490 g/mol. The number of amides is 2. The van der Waals surface area contributed by atoms with Crippen molar-refractivity contribution >= 4 is 17.5 Å². The van der Waals surface area contributed by atoms with Crippen LogP contribution in [0.3, 0.4) is 0 Å². The highest BCUT2D eigenvalue weighted by molar-refractivity contribution is 5.93. The van der Waals surface area contributed by atoms with Crippen LogP contribution in [0.15, 0.2) is 36.0 Å². The molecule has 2 bridgehead atoms. The molecule has 2 saturated carbocycles. The quantitative estimate of drug-likeness (QED) is 0.567. The van der Waals surface area contributed by atoms with Gasteiger partial charge in [-0.25, -0.2) is 4.98 Å². The van der Waals surface area contributed by atoms with Crippen molar-refractivity contribution in [1.29, 1.82) is 0 Å². The third-order valence-corrected chi connectivity index (χ3v) is 9.33. The molecule has 0 radical (unpaired) electrons. The molecular formula is C29H38N4O3. The highest BCUT2D eigenvalue weighted by atomic mass is 16.5. The Morgan fingerprint density at radius 3 is 3.06 bits per heavy atom. The first-order chi connectivity index (χ1) is 17.5. The molecule has 0 spiro atoms. The molecule has 1 N–H and O–H groups in total. The van der Waals surface area contributed by atoms with Crippen LogP contribution in [-0.2, 0) is 16.0 Å². The maximum absolute atomic E-state index is 13.3. The maximum Gasteiger partial charge on any atom is 0.268 e. The second-order valence-electron chi connectivity index (χ2n) is 11.7. The topological polar surface area (TPSA) is 75.9 Å². The van der Waals surface area contributed by atoms with E-state index in [2.05, 4.69) is 16.4 Å². The van der Waals surface area contributed by atoms with Gasteiger partial charge >= 0.3 is 0 Å². The molecule has 2 amide bonds. The second-order valence-corrected chi connectivity index (χ2v) is 11.7. The first-order valence-corrected chi connectivity index (χ1v) is 13.7. The molecule has 36 heavy (non-hydrogen) atoms. The molecule has 3 heterocycles. The number of imidazole rings is 1. The molecule has 1 saturated heterocycles. The number of carbonyl (C=O) groups excluding carboxylic acids is 2. The first-order valence-electron chi connectivity index (χ1n) is 13.7. The van der Waals surface area contributed by atoms with Crippen LogP contribution in [0.5, 0.6) is 0 Å². The van der Waals surface area contributed by atoms with Crippen molar-refractivity contribution in [3.63, 3.8) is 0 Å². The standard InChI is InChI=1S/C29H38N4O3/c1-36-13-10-20-4-3-12-32(17-20)27(34)14-23-18-33-25(5-2-6-26(33)31-23)28(35)30-19-29-11-9-21-7-8-22(15-29)24(21)16-29/h2,5-6,9,18,20,22,24H,3-4,7-8,10-17,19H2,1H3,(H,30,35). The van der Waals surface area contributed by atoms with Crippen LogP contribution in [0.2, 0.25) is 0 Å². The number of nitrogens with zero attached hydrogens (tertiary/aromatic N) is 3. The van der Waals surface area contributed by atoms with E-state index in [9.17, 15) is 9.59 Å². The Kier molecular flexibility index (Phi) is 6.36. The van der Waals surface area contributed by atoms with Crippen LogP contribution in [0, 0.1) is 23.2 Å². The summed E-state index contributed by atoms with van der Waals surface area (Å²) in [5, 5.41) is 3.26. The first kappa shape index (κ1) is 23.7. The van der Waals surface area contributed by atoms with Gasteiger partial charge in [0.25, 0.3) is 5.91 Å². The summed E-state index contributed by atoms with van der Waals surface area (Å²) in [6.07, 6.45) is 14.0. The summed E-state index contributed by atoms with van der Waals surface area (Å²) in [5.41, 5.74) is 3.91. The van der Waals surface area contributed by atoms with Crippen LogP contribution in [0.1, 0.15) is 67.5 Å². The van der Waals surface area contributed by atoms with E-state index >= 15 is 0 Å². The zero-order chi connectivity index (χ0) is 24.7. The van der Waals surface area contributed by atoms with E-state index in [1.807, 2.05) is 33.7 Å². The molecule has 1 aliphatic heterocycles. The average Bonchev–Trinajstić information content (AvgIpc) is 3.55. The molecule has 2 aromatic heterocycles. The number of rotatable bonds is 8. The molecule has 4 atom stereocenters. The van der Waals surface area contributed by atoms with Gasteiger partial charge in [-0.3, -0.25) is 14.0 Å². The highest BCUT2D eigenvalue weighted by Crippen LogP contribution is 2.59. The molecular weight excluding hydrogens is 452 g/mol. The Morgan fingerprint density at radius 1 is 1.25 bits per heavy atom. The van der Waals surface area contributed by atoms with Gasteiger partial charge in [-0.15, -0.1) is 0 Å². The Morgan fingerprint density at radius 2 is 2.17 bits per heavy atom. The highest BCUT2D eigenvalue weighted by Gasteiger charge is 2.50. The smallest absolute Gasteiger partial charge is 0.268 e. The number of ether oxygens (including phenoxy) is 1. The number of hydrogen-bond acceptors (Lipinski definition) is 4. The van der Waals surface area contributed by atoms with E-state index in [1.54, 1.807) is 12.7 Å². The summed E-state index contributed by atoms with van der Waals surface area (Å²) in [7, 11) is 1.73. The third kappa shape index (κ3) is 4.47. The lowest BCUT2D eigenvalue weighted by Gasteiger charge is -2.32. The SMILES string of the molecule is COCCC1CCCN(C(=O)Cc2cn3c(C(=O)NCC45CC=C6CCC(C4)C6C5)cccc3n2)C1. The van der Waals surface area contributed by atoms with E-state index in [4.69, 9.17) is 4.74 Å². The number of nitrogens with one attached hydrogen (secondary N) is 1. The number of likely N-dealkylation sites (tertiary alicyclic amines) is 1. The summed E-state index contributed by atoms with van der Waals surface area (Å²) in [4.78, 5) is 33.0. The third-order valence-electron chi connectivity index (χ3n) is 9.33. The van der Waals surface area contributed by atoms with E-state index in [0.29, 0.717) is 23.0 Å². The number of allylic oxidation sites excluding steroid dienone is 2. The van der Waals surface area contributed by atoms with Gasteiger partial charge in [0.2, 0.25) is 5.91 Å². The Bertz CT molecular complexity index is 1190. The van der Waals surface area contributed by atoms with Crippen LogP contribution >= 0.6 is 0 Å². The van der Waals surface area contributed by atoms with E-state index in [0.717, 1.165) is 63.8 Å². The summed E-state index contributed by atoms with van der Waals surface area (Å²) < 4.78 is 7.07. The number of carbonyl (C=O) groups is 2. The molecule has 4 unspecified atom stereocenters. The fourth-order valence-corrected chi connectivity index (χ4v) is 7.44. The van der Waals surface area contributed by atoms with Crippen LogP contribution in [0.4, 0.5) is 0 Å². The molecule has 4 aliphatic rings. The number of piperidine rings is 1. The summed E-state index contributed by atoms with van der Waals surface area (Å²) in [6.45, 7) is 3.08. The van der Waals surface area contributed by atoms with E-state index in [-0.39, 0.29) is 23.7 Å². The minimum Gasteiger partial charge on any atom is -0.385 e. The van der Waals surface area contributed by atoms with Gasteiger partial charge in [-0.05, 0) is 86.7 Å². The number of hydrogen-bond donors (Lipinski definition) is 1. The minimum atomic E-state index is -0.0610. The lowest BCUT2D eigenvalue weighted by molar-refractivity contribution is -0.132. The number of methoxy groups -OCH3 is 1. The molecule has 192 valence electrons. The van der Waals surface area contributed by atoms with Crippen LogP contribution < -0.4 is 5.32 Å². The predicted molar refractivity (Wildman–Crippen MR) is 138 cm³/mol. The Labute approximate surface area is 213 Å². The molecule has 7 heteroatoms. The second kappa shape index (κ2) is 9.66. The molecule has 7 nitrogen and oxygen atoms in total. The van der Waals surface area contributed by atoms with Crippen molar-refractivity contribution in [3.05, 3.63) is 47.4 Å². The number of aromatic nitrogens is 2. The van der Waals surface area contributed by atoms with Gasteiger partial charge in [0, 0.05) is 39.5 Å². The largest absolute Gasteiger partial charge is 0.385 e. The Balaban J connectivity index is 1.11. The van der Waals surface area contributed by atoms with Crippen molar-refractivity contribution in [3.8, 4) is 0 Å². The molecule has 6 rings (SSSR count). The van der Waals surface area contributed by atoms with Gasteiger partial charge < -0.3 is 15.0 Å². The molecule has 3 fully saturated rings. The summed E-state index contributed by atoms with van der Waals surface area (Å²) in [6, 6.07) is 5.62. The zero-order valence-electron chi connectivity index (χ0n) is 21.4. The fourth-order valence-electron chi connectivity index (χ4n) is 7.44. The van der Waals surface area contributed by atoms with E-state index < -0.39 is 0 Å². The lowest BCUT2D eigenvalue weighted by Crippen LogP contribution is -2.41. The van der Waals surface area contributed by atoms with Crippen molar-refractivity contribution in [1.82, 2.24) is 19.6 Å². The van der Waals surface area contributed by atoms with Crippen molar-refractivity contribution in [2.75, 3.05) is 33.4 Å². The predicted octanol–water partition coefficient (Wildman–Crippen LogP) is 4.02. The van der Waals surface area contributed by atoms with Crippen LogP contribution in [0.25, 0.3) is 5.65 Å². The minimum absolute atomic E-state index is 0.0610. The molecule has 2 aromatic rings. The van der Waals surface area contributed by atoms with Crippen molar-refractivity contribution in [2.45, 2.75) is 57.8 Å². The van der Waals surface area contributed by atoms with Gasteiger partial charge in [-0.1, -0.05) is 17.7 Å². The zero-order valence-corrected chi connectivity index (χ0v) is 21.4. The van der Waals surface area contributed by atoms with Gasteiger partial charge in [0.1, 0.15) is 11.3 Å². The number of fused-ring (bicyclic) bond motifs is 2. The average molecular weight is 491 g/mol.